The fourth-order valence-electron chi connectivity index (χ4n) is 12.5. The van der Waals surface area contributed by atoms with E-state index in [9.17, 15) is 43.5 Å². The van der Waals surface area contributed by atoms with Crippen LogP contribution in [0.25, 0.3) is 0 Å². The quantitative estimate of drug-likeness (QED) is 0.0553. The predicted octanol–water partition coefficient (Wildman–Crippen LogP) is 16.9. The minimum absolute atomic E-state index is 0. The summed E-state index contributed by atoms with van der Waals surface area (Å²) in [6.07, 6.45) is 16.6. The highest BCUT2D eigenvalue weighted by atomic mass is 35.5. The van der Waals surface area contributed by atoms with Crippen LogP contribution in [-0.4, -0.2) is 101 Å². The third-order valence-electron chi connectivity index (χ3n) is 18.3. The Morgan fingerprint density at radius 2 is 0.835 bits per heavy atom. The summed E-state index contributed by atoms with van der Waals surface area (Å²) in [4.78, 5) is 98.2. The van der Waals surface area contributed by atoms with Crippen LogP contribution in [0.2, 0.25) is 15.1 Å². The third kappa shape index (κ3) is 18.5. The largest absolute Gasteiger partial charge is 0.478 e. The van der Waals surface area contributed by atoms with Gasteiger partial charge in [0.25, 0.3) is 17.1 Å². The average Bonchev–Trinajstić information content (AvgIpc) is 1.63. The predicted molar refractivity (Wildman–Crippen MR) is 375 cm³/mol. The van der Waals surface area contributed by atoms with Crippen molar-refractivity contribution in [2.45, 2.75) is 146 Å². The SMILES string of the molecule is CC1CC1.COC(=O)c1ccc2c(c1)C(=O)CC2.COC(=O)c1ccc2c(c1)C(N(C(=O)c1ccccc1Cl)C1CC1)CC2.COC(=O)c1ccc2c(c1)C(NC1CC1)CC2.N.O=C(Cl)c1ccccc1Cl.O=C(O)c1ccc2c(c1)C(N(C(=O)c1ccccc1Cl)C1CC1)CC2. The number of carboxylic acids is 1. The molecule has 8 aliphatic carbocycles. The van der Waals surface area contributed by atoms with Gasteiger partial charge in [-0.25, -0.2) is 19.2 Å². The summed E-state index contributed by atoms with van der Waals surface area (Å²) in [5, 5.41) is 13.7. The lowest BCUT2D eigenvalue weighted by atomic mass is 10.0. The zero-order valence-electron chi connectivity index (χ0n) is 54.8. The van der Waals surface area contributed by atoms with E-state index in [0.717, 1.165) is 98.8 Å². The number of halogens is 4. The van der Waals surface area contributed by atoms with Crippen molar-refractivity contribution in [2.75, 3.05) is 21.3 Å². The van der Waals surface area contributed by atoms with Gasteiger partial charge < -0.3 is 40.6 Å². The van der Waals surface area contributed by atoms with Gasteiger partial charge in [-0.3, -0.25) is 19.2 Å². The summed E-state index contributed by atoms with van der Waals surface area (Å²) >= 11 is 23.3. The number of carbonyl (C=O) groups is 8. The monoisotopic (exact) mass is 1390 g/mol. The van der Waals surface area contributed by atoms with Gasteiger partial charge in [0.15, 0.2) is 5.78 Å². The molecule has 4 saturated carbocycles. The van der Waals surface area contributed by atoms with Gasteiger partial charge in [-0.15, -0.1) is 0 Å². The Morgan fingerprint density at radius 1 is 0.454 bits per heavy atom. The van der Waals surface area contributed by atoms with Crippen molar-refractivity contribution in [3.05, 3.63) is 244 Å². The first-order valence-corrected chi connectivity index (χ1v) is 34.2. The first-order valence-electron chi connectivity index (χ1n) is 32.6. The molecule has 2 amide bonds. The summed E-state index contributed by atoms with van der Waals surface area (Å²) in [5.74, 6) is -0.827. The van der Waals surface area contributed by atoms with Crippen LogP contribution >= 0.6 is 46.4 Å². The normalized spacial score (nSPS) is 17.7. The number of nitrogens with one attached hydrogen (secondary N) is 1. The van der Waals surface area contributed by atoms with Gasteiger partial charge in [0.05, 0.1) is 87.4 Å². The molecular formula is C77H80Cl4N4O12. The number of benzene rings is 7. The number of amides is 2. The van der Waals surface area contributed by atoms with Crippen molar-refractivity contribution in [2.24, 2.45) is 5.92 Å². The van der Waals surface area contributed by atoms with Crippen LogP contribution in [0.15, 0.2) is 146 Å². The van der Waals surface area contributed by atoms with E-state index in [-0.39, 0.29) is 65.4 Å². The van der Waals surface area contributed by atoms with E-state index in [4.69, 9.17) is 55.9 Å². The minimum Gasteiger partial charge on any atom is -0.478 e. The van der Waals surface area contributed by atoms with E-state index in [1.807, 2.05) is 70.5 Å². The topological polar surface area (TPSA) is 238 Å². The molecule has 3 atom stereocenters. The molecule has 97 heavy (non-hydrogen) atoms. The van der Waals surface area contributed by atoms with Crippen molar-refractivity contribution in [3.63, 3.8) is 0 Å². The molecule has 4 fully saturated rings. The number of hydrogen-bond acceptors (Lipinski definition) is 13. The summed E-state index contributed by atoms with van der Waals surface area (Å²) in [7, 11) is 4.14. The molecule has 16 nitrogen and oxygen atoms in total. The van der Waals surface area contributed by atoms with Gasteiger partial charge in [-0.1, -0.05) is 115 Å². The van der Waals surface area contributed by atoms with Crippen molar-refractivity contribution < 1.29 is 57.7 Å². The molecule has 0 heterocycles. The Morgan fingerprint density at radius 3 is 1.23 bits per heavy atom. The molecule has 3 unspecified atom stereocenters. The Labute approximate surface area is 585 Å². The Hall–Kier alpha value is -8.22. The average molecular weight is 1400 g/mol. The molecule has 508 valence electrons. The molecule has 0 aliphatic heterocycles. The number of aryl methyl sites for hydroxylation is 4. The number of carboxylic acid groups (broad SMARTS) is 1. The Bertz CT molecular complexity index is 4090. The molecule has 0 bridgehead atoms. The molecule has 0 saturated heterocycles. The summed E-state index contributed by atoms with van der Waals surface area (Å²) in [6, 6.07) is 44.4. The molecule has 8 aliphatic rings. The molecule has 7 aromatic rings. The van der Waals surface area contributed by atoms with Gasteiger partial charge in [0.1, 0.15) is 0 Å². The van der Waals surface area contributed by atoms with Crippen LogP contribution in [0.4, 0.5) is 0 Å². The van der Waals surface area contributed by atoms with Crippen LogP contribution in [0.5, 0.6) is 0 Å². The number of fused-ring (bicyclic) bond motifs is 4. The molecule has 15 rings (SSSR count). The smallest absolute Gasteiger partial charge is 0.337 e. The number of esters is 3. The number of hydrogen-bond donors (Lipinski definition) is 3. The molecule has 0 spiro atoms. The molecule has 5 N–H and O–H groups in total. The van der Waals surface area contributed by atoms with Crippen LogP contribution in [0.1, 0.15) is 224 Å². The number of ketones is 1. The number of nitrogens with zero attached hydrogens (tertiary/aromatic N) is 2. The lowest BCUT2D eigenvalue weighted by molar-refractivity contribution is 0.0591. The first kappa shape index (κ1) is 73.0. The van der Waals surface area contributed by atoms with Crippen LogP contribution in [-0.2, 0) is 39.9 Å². The zero-order chi connectivity index (χ0) is 68.3. The minimum atomic E-state index is -0.941. The molecule has 20 heteroatoms. The molecule has 7 aromatic carbocycles. The second kappa shape index (κ2) is 33.4. The number of carbonyl (C=O) groups excluding carboxylic acids is 7. The van der Waals surface area contributed by atoms with E-state index >= 15 is 0 Å². The highest BCUT2D eigenvalue weighted by Gasteiger charge is 2.43. The molecular weight excluding hydrogens is 1310 g/mol. The maximum atomic E-state index is 13.3. The van der Waals surface area contributed by atoms with Crippen molar-refractivity contribution in [1.29, 1.82) is 0 Å². The second-order valence-corrected chi connectivity index (χ2v) is 26.8. The molecule has 0 aromatic heterocycles. The van der Waals surface area contributed by atoms with Gasteiger partial charge >= 0.3 is 23.9 Å². The van der Waals surface area contributed by atoms with Gasteiger partial charge in [-0.2, -0.15) is 0 Å². The summed E-state index contributed by atoms with van der Waals surface area (Å²) in [5.41, 5.74) is 12.0. The van der Waals surface area contributed by atoms with Crippen molar-refractivity contribution in [3.8, 4) is 0 Å². The Kier molecular flexibility index (Phi) is 25.1. The van der Waals surface area contributed by atoms with E-state index < -0.39 is 17.2 Å². The second-order valence-electron chi connectivity index (χ2n) is 25.2. The fourth-order valence-corrected chi connectivity index (χ4v) is 13.4. The number of aromatic carboxylic acids is 1. The lowest BCUT2D eigenvalue weighted by Crippen LogP contribution is -2.36. The van der Waals surface area contributed by atoms with Crippen LogP contribution in [0, 0.1) is 5.92 Å². The number of methoxy groups -OCH3 is 3. The Balaban J connectivity index is 0.000000144. The summed E-state index contributed by atoms with van der Waals surface area (Å²) in [6.45, 7) is 2.28. The third-order valence-corrected chi connectivity index (χ3v) is 19.5. The lowest BCUT2D eigenvalue weighted by Gasteiger charge is -2.30. The van der Waals surface area contributed by atoms with Crippen molar-refractivity contribution in [1.82, 2.24) is 21.3 Å². The maximum Gasteiger partial charge on any atom is 0.337 e. The summed E-state index contributed by atoms with van der Waals surface area (Å²) < 4.78 is 14.2. The van der Waals surface area contributed by atoms with E-state index in [2.05, 4.69) is 23.0 Å². The van der Waals surface area contributed by atoms with Gasteiger partial charge in [0, 0.05) is 36.2 Å². The number of rotatable bonds is 13. The van der Waals surface area contributed by atoms with Crippen LogP contribution < -0.4 is 11.5 Å². The standard InChI is InChI=1S/C21H20ClNO3.C20H18ClNO3.C14H17NO2.C11H10O3.C7H4Cl2O.C4H8.H3N/c1-26-21(25)14-7-6-13-8-11-19(17(13)12-14)23(15-9-10-15)20(24)16-4-2-3-5-18(16)22;21-17-4-2-1-3-15(17)19(23)22(14-8-9-14)18-10-7-12-5-6-13(20(24)25)11-16(12)18;1-17-14(16)10-3-2-9-4-7-13(12(9)8-10)15-11-5-6-11;1-14-11(13)8-3-2-7-4-5-10(12)9(7)6-8;8-6-4-2-1-3-5(6)7(9)10;1-4-2-3-4;/h2-7,12,15,19H,8-11H2,1H3;1-6,11,14,18H,7-10H2,(H,24,25);2-3,8,11,13,15H,4-7H2,1H3;2-3,6H,4-5H2,1H3;1-4H;4H,2-3H2,1H3;1H3. The van der Waals surface area contributed by atoms with Crippen LogP contribution in [0.3, 0.4) is 0 Å². The molecule has 0 radical (unpaired) electrons. The number of ether oxygens (including phenoxy) is 3. The zero-order valence-corrected chi connectivity index (χ0v) is 57.8. The highest BCUT2D eigenvalue weighted by molar-refractivity contribution is 6.68. The van der Waals surface area contributed by atoms with E-state index in [1.54, 1.807) is 78.9 Å². The highest BCUT2D eigenvalue weighted by Crippen LogP contribution is 2.46. The maximum absolute atomic E-state index is 13.3. The first-order chi connectivity index (χ1) is 46.3. The van der Waals surface area contributed by atoms with E-state index in [0.29, 0.717) is 72.5 Å². The van der Waals surface area contributed by atoms with E-state index in [1.165, 1.54) is 63.7 Å². The number of Topliss-reactive ketones (excluding diaryl/α,β-unsaturated/α-hetero) is 1. The van der Waals surface area contributed by atoms with Gasteiger partial charge in [0.2, 0.25) is 0 Å². The van der Waals surface area contributed by atoms with Crippen molar-refractivity contribution >= 4 is 93.1 Å². The van der Waals surface area contributed by atoms with Gasteiger partial charge in [-0.05, 0) is 225 Å². The fraction of sp³-hybridized carbons (Fsp3) is 0.351.